The van der Waals surface area contributed by atoms with Crippen LogP contribution in [0.15, 0.2) is 40.9 Å². The van der Waals surface area contributed by atoms with Gasteiger partial charge in [-0.3, -0.25) is 0 Å². The summed E-state index contributed by atoms with van der Waals surface area (Å²) < 4.78 is 20.2. The molecule has 21 heavy (non-hydrogen) atoms. The topological polar surface area (TPSA) is 35.2 Å². The number of hydrogen-bond acceptors (Lipinski definition) is 2. The van der Waals surface area contributed by atoms with Crippen molar-refractivity contribution in [3.8, 4) is 11.5 Å². The first-order valence-corrected chi connectivity index (χ1v) is 7.84. The molecular weight excluding hydrogens is 357 g/mol. The van der Waals surface area contributed by atoms with E-state index < -0.39 is 5.82 Å². The minimum atomic E-state index is -0.435. The summed E-state index contributed by atoms with van der Waals surface area (Å²) in [6.07, 6.45) is 1.42. The Morgan fingerprint density at radius 1 is 1.29 bits per heavy atom. The van der Waals surface area contributed by atoms with Crippen LogP contribution < -0.4 is 10.5 Å². The van der Waals surface area contributed by atoms with Crippen LogP contribution in [0.1, 0.15) is 18.9 Å². The van der Waals surface area contributed by atoms with Gasteiger partial charge in [0, 0.05) is 21.1 Å². The van der Waals surface area contributed by atoms with E-state index in [4.69, 9.17) is 22.1 Å². The third kappa shape index (κ3) is 4.19. The Morgan fingerprint density at radius 2 is 2.05 bits per heavy atom. The molecule has 1 atom stereocenters. The third-order valence-electron chi connectivity index (χ3n) is 3.18. The second-order valence-corrected chi connectivity index (χ2v) is 6.09. The van der Waals surface area contributed by atoms with Crippen LogP contribution in [0.2, 0.25) is 5.02 Å². The van der Waals surface area contributed by atoms with E-state index in [0.717, 1.165) is 12.0 Å². The van der Waals surface area contributed by atoms with E-state index in [1.54, 1.807) is 30.3 Å². The lowest BCUT2D eigenvalue weighted by Gasteiger charge is -2.16. The normalized spacial score (nSPS) is 12.2. The molecule has 2 aromatic rings. The molecule has 0 aromatic heterocycles. The number of nitrogens with two attached hydrogens (primary N) is 1. The Balaban J connectivity index is 2.33. The largest absolute Gasteiger partial charge is 0.454 e. The van der Waals surface area contributed by atoms with Gasteiger partial charge >= 0.3 is 0 Å². The summed E-state index contributed by atoms with van der Waals surface area (Å²) in [6, 6.07) is 9.97. The van der Waals surface area contributed by atoms with Gasteiger partial charge in [0.15, 0.2) is 11.6 Å². The number of benzene rings is 2. The summed E-state index contributed by atoms with van der Waals surface area (Å²) in [5, 5.41) is 0.578. The van der Waals surface area contributed by atoms with E-state index in [1.807, 2.05) is 6.92 Å². The van der Waals surface area contributed by atoms with Gasteiger partial charge in [-0.05, 0) is 43.2 Å². The first-order valence-electron chi connectivity index (χ1n) is 6.67. The van der Waals surface area contributed by atoms with Gasteiger partial charge < -0.3 is 10.5 Å². The predicted octanol–water partition coefficient (Wildman–Crippen LogP) is 5.31. The van der Waals surface area contributed by atoms with Crippen LogP contribution in [0.4, 0.5) is 4.39 Å². The Morgan fingerprint density at radius 3 is 2.71 bits per heavy atom. The second-order valence-electron chi connectivity index (χ2n) is 4.77. The van der Waals surface area contributed by atoms with Gasteiger partial charge in [-0.15, -0.1) is 0 Å². The number of hydrogen-bond donors (Lipinski definition) is 1. The Bertz CT molecular complexity index is 636. The lowest BCUT2D eigenvalue weighted by Crippen LogP contribution is -2.21. The maximum Gasteiger partial charge on any atom is 0.166 e. The van der Waals surface area contributed by atoms with E-state index in [-0.39, 0.29) is 11.8 Å². The van der Waals surface area contributed by atoms with Crippen molar-refractivity contribution >= 4 is 27.5 Å². The lowest BCUT2D eigenvalue weighted by molar-refractivity contribution is 0.435. The van der Waals surface area contributed by atoms with E-state index in [9.17, 15) is 4.39 Å². The summed E-state index contributed by atoms with van der Waals surface area (Å²) in [5.41, 5.74) is 6.79. The predicted molar refractivity (Wildman–Crippen MR) is 87.6 cm³/mol. The maximum absolute atomic E-state index is 13.9. The van der Waals surface area contributed by atoms with Gasteiger partial charge in [0.2, 0.25) is 0 Å². The number of rotatable bonds is 5. The molecule has 0 heterocycles. The van der Waals surface area contributed by atoms with Crippen LogP contribution in [0.3, 0.4) is 0 Å². The molecule has 0 bridgehead atoms. The van der Waals surface area contributed by atoms with Gasteiger partial charge in [0.25, 0.3) is 0 Å². The number of halogens is 3. The molecule has 2 nitrogen and oxygen atoms in total. The third-order valence-corrected chi connectivity index (χ3v) is 4.03. The maximum atomic E-state index is 13.9. The highest BCUT2D eigenvalue weighted by atomic mass is 79.9. The smallest absolute Gasteiger partial charge is 0.166 e. The minimum Gasteiger partial charge on any atom is -0.454 e. The van der Waals surface area contributed by atoms with Gasteiger partial charge in [-0.2, -0.15) is 0 Å². The van der Waals surface area contributed by atoms with Crippen molar-refractivity contribution in [2.24, 2.45) is 5.73 Å². The quantitative estimate of drug-likeness (QED) is 0.771. The van der Waals surface area contributed by atoms with Crippen molar-refractivity contribution in [3.05, 3.63) is 57.3 Å². The van der Waals surface area contributed by atoms with Crippen molar-refractivity contribution in [3.63, 3.8) is 0 Å². The molecule has 1 unspecified atom stereocenters. The van der Waals surface area contributed by atoms with Gasteiger partial charge in [0.1, 0.15) is 5.75 Å². The van der Waals surface area contributed by atoms with Crippen LogP contribution in [-0.2, 0) is 6.42 Å². The average Bonchev–Trinajstić information content (AvgIpc) is 2.45. The van der Waals surface area contributed by atoms with Crippen molar-refractivity contribution in [2.45, 2.75) is 25.8 Å². The monoisotopic (exact) mass is 371 g/mol. The average molecular weight is 373 g/mol. The molecule has 0 radical (unpaired) electrons. The summed E-state index contributed by atoms with van der Waals surface area (Å²) >= 11 is 9.44. The summed E-state index contributed by atoms with van der Waals surface area (Å²) in [7, 11) is 0. The van der Waals surface area contributed by atoms with Crippen molar-refractivity contribution in [2.75, 3.05) is 0 Å². The lowest BCUT2D eigenvalue weighted by atomic mass is 10.0. The summed E-state index contributed by atoms with van der Waals surface area (Å²) in [6.45, 7) is 2.01. The second kappa shape index (κ2) is 7.25. The van der Waals surface area contributed by atoms with E-state index in [2.05, 4.69) is 15.9 Å². The highest BCUT2D eigenvalue weighted by molar-refractivity contribution is 9.10. The van der Waals surface area contributed by atoms with Crippen LogP contribution in [-0.4, -0.2) is 6.04 Å². The Hall–Kier alpha value is -1.10. The number of ether oxygens (including phenoxy) is 1. The molecule has 2 aromatic carbocycles. The zero-order chi connectivity index (χ0) is 15.4. The summed E-state index contributed by atoms with van der Waals surface area (Å²) in [4.78, 5) is 0. The molecular formula is C16H16BrClFNO. The highest BCUT2D eigenvalue weighted by Crippen LogP contribution is 2.33. The molecule has 5 heteroatoms. The first-order chi connectivity index (χ1) is 10.0. The molecule has 0 spiro atoms. The van der Waals surface area contributed by atoms with Crippen molar-refractivity contribution in [1.29, 1.82) is 0 Å². The van der Waals surface area contributed by atoms with Gasteiger partial charge in [-0.1, -0.05) is 40.5 Å². The SMILES string of the molecule is CCC(N)Cc1c(Cl)cccc1Oc1ccc(Br)cc1F. The molecule has 0 aliphatic carbocycles. The fraction of sp³-hybridized carbons (Fsp3) is 0.250. The van der Waals surface area contributed by atoms with Gasteiger partial charge in [-0.25, -0.2) is 4.39 Å². The molecule has 0 amide bonds. The van der Waals surface area contributed by atoms with Crippen LogP contribution in [0, 0.1) is 5.82 Å². The molecule has 0 aliphatic heterocycles. The zero-order valence-corrected chi connectivity index (χ0v) is 13.9. The molecule has 0 aliphatic rings. The van der Waals surface area contributed by atoms with Crippen LogP contribution in [0.25, 0.3) is 0 Å². The van der Waals surface area contributed by atoms with Crippen molar-refractivity contribution in [1.82, 2.24) is 0 Å². The first kappa shape index (κ1) is 16.3. The molecule has 0 saturated heterocycles. The molecule has 0 fully saturated rings. The minimum absolute atomic E-state index is 0.0120. The van der Waals surface area contributed by atoms with E-state index >= 15 is 0 Å². The molecule has 0 saturated carbocycles. The van der Waals surface area contributed by atoms with E-state index in [1.165, 1.54) is 6.07 Å². The molecule has 2 rings (SSSR count). The van der Waals surface area contributed by atoms with Gasteiger partial charge in [0.05, 0.1) is 0 Å². The fourth-order valence-electron chi connectivity index (χ4n) is 1.92. The van der Waals surface area contributed by atoms with Crippen molar-refractivity contribution < 1.29 is 9.13 Å². The standard InChI is InChI=1S/C16H16BrClFNO/c1-2-11(20)9-12-13(18)4-3-5-15(12)21-16-7-6-10(17)8-14(16)19/h3-8,11H,2,9,20H2,1H3. The Labute approximate surface area is 137 Å². The summed E-state index contributed by atoms with van der Waals surface area (Å²) in [5.74, 6) is 0.259. The van der Waals surface area contributed by atoms with E-state index in [0.29, 0.717) is 21.7 Å². The van der Waals surface area contributed by atoms with Crippen LogP contribution >= 0.6 is 27.5 Å². The van der Waals surface area contributed by atoms with Crippen LogP contribution in [0.5, 0.6) is 11.5 Å². The Kier molecular flexibility index (Phi) is 5.62. The molecule has 2 N–H and O–H groups in total. The highest BCUT2D eigenvalue weighted by Gasteiger charge is 2.14. The molecule has 112 valence electrons. The fourth-order valence-corrected chi connectivity index (χ4v) is 2.49. The zero-order valence-electron chi connectivity index (χ0n) is 11.6.